The van der Waals surface area contributed by atoms with Crippen LogP contribution in [0.2, 0.25) is 0 Å². The normalized spacial score (nSPS) is 18.7. The molecule has 9 heteroatoms. The molecule has 2 aliphatic rings. The number of piperidine rings is 1. The second-order valence-electron chi connectivity index (χ2n) is 15.0. The highest BCUT2D eigenvalue weighted by molar-refractivity contribution is 7.80. The van der Waals surface area contributed by atoms with Crippen molar-refractivity contribution in [2.45, 2.75) is 111 Å². The molecular formula is C40H53N4O3PS. The van der Waals surface area contributed by atoms with E-state index in [4.69, 9.17) is 26.9 Å². The third-order valence-electron chi connectivity index (χ3n) is 10.2. The lowest BCUT2D eigenvalue weighted by atomic mass is 9.83. The largest absolute Gasteiger partial charge is 0.480 e. The number of anilines is 1. The Balaban J connectivity index is 1.33. The number of amides is 1. The molecular weight excluding hydrogens is 648 g/mol. The fourth-order valence-electron chi connectivity index (χ4n) is 7.34. The topological polar surface area (TPSA) is 84.4 Å². The van der Waals surface area contributed by atoms with E-state index in [2.05, 4.69) is 79.2 Å². The zero-order valence-electron chi connectivity index (χ0n) is 30.6. The molecule has 262 valence electrons. The predicted octanol–water partition coefficient (Wildman–Crippen LogP) is 8.57. The number of thiocarbonyl (C=S) groups is 1. The molecule has 0 spiro atoms. The Morgan fingerprint density at radius 2 is 1.80 bits per heavy atom. The molecule has 4 atom stereocenters. The van der Waals surface area contributed by atoms with Gasteiger partial charge < -0.3 is 15.0 Å². The van der Waals surface area contributed by atoms with Gasteiger partial charge in [-0.2, -0.15) is 0 Å². The third kappa shape index (κ3) is 8.07. The number of nitrogens with one attached hydrogen (secondary N) is 1. The Kier molecular flexibility index (Phi) is 11.3. The standard InChI is InChI=1S/C40H53N4O3PS/c1-10-30(36(45)22(2)3)28-17-23(4)34(24(5)18-28)29-20-32(38(47-9)41-21-29)44-16-15-27(19-25(44)6)37(46)43-39(49)31-13-14-33(40(7,8)48)42-35(31)26-11-12-26/h13-14,17-18,20-22,25-27,30H,10-12,15-16,19,48H2,1-9H3,(H,43,46,49). The molecule has 2 aromatic heterocycles. The summed E-state index contributed by atoms with van der Waals surface area (Å²) in [5.74, 6) is 0.963. The first-order valence-corrected chi connectivity index (χ1v) is 18.7. The van der Waals surface area contributed by atoms with Gasteiger partial charge in [-0.1, -0.05) is 59.0 Å². The summed E-state index contributed by atoms with van der Waals surface area (Å²) in [6, 6.07) is 10.6. The number of benzene rings is 1. The second-order valence-corrected chi connectivity index (χ2v) is 16.9. The Hall–Kier alpha value is -3.22. The molecule has 1 aliphatic carbocycles. The molecule has 1 aliphatic heterocycles. The van der Waals surface area contributed by atoms with Gasteiger partial charge in [0, 0.05) is 58.7 Å². The SMILES string of the molecule is CCC(C(=O)C(C)C)c1cc(C)c(-c2cnc(OC)c(N3CCC(C(=O)NC(=S)c4ccc(C(C)(C)P)nc4C4CC4)CC3C)c2)c(C)c1. The minimum atomic E-state index is -0.161. The maximum Gasteiger partial charge on any atom is 0.237 e. The van der Waals surface area contributed by atoms with E-state index in [9.17, 15) is 9.59 Å². The maximum atomic E-state index is 13.6. The zero-order valence-corrected chi connectivity index (χ0v) is 32.6. The molecule has 1 amide bonds. The average molecular weight is 701 g/mol. The van der Waals surface area contributed by atoms with Crippen LogP contribution in [0.5, 0.6) is 5.88 Å². The third-order valence-corrected chi connectivity index (χ3v) is 10.8. The Morgan fingerprint density at radius 3 is 2.35 bits per heavy atom. The number of carbonyl (C=O) groups excluding carboxylic acids is 2. The summed E-state index contributed by atoms with van der Waals surface area (Å²) in [6.45, 7) is 17.4. The van der Waals surface area contributed by atoms with Crippen molar-refractivity contribution in [3.05, 3.63) is 70.2 Å². The maximum absolute atomic E-state index is 13.6. The highest BCUT2D eigenvalue weighted by Gasteiger charge is 2.34. The first-order chi connectivity index (χ1) is 23.1. The van der Waals surface area contributed by atoms with Crippen LogP contribution in [0.15, 0.2) is 36.5 Å². The van der Waals surface area contributed by atoms with Gasteiger partial charge in [-0.3, -0.25) is 14.6 Å². The second kappa shape index (κ2) is 14.9. The van der Waals surface area contributed by atoms with Crippen LogP contribution in [0.4, 0.5) is 5.69 Å². The molecule has 1 saturated heterocycles. The van der Waals surface area contributed by atoms with Crippen molar-refractivity contribution in [2.75, 3.05) is 18.6 Å². The minimum Gasteiger partial charge on any atom is -0.480 e. The van der Waals surface area contributed by atoms with Crippen molar-refractivity contribution in [2.24, 2.45) is 11.8 Å². The van der Waals surface area contributed by atoms with Crippen LogP contribution in [0.25, 0.3) is 11.1 Å². The summed E-state index contributed by atoms with van der Waals surface area (Å²) < 4.78 is 5.76. The van der Waals surface area contributed by atoms with Gasteiger partial charge in [0.25, 0.3) is 0 Å². The van der Waals surface area contributed by atoms with Crippen LogP contribution in [0, 0.1) is 25.7 Å². The number of hydrogen-bond acceptors (Lipinski definition) is 7. The summed E-state index contributed by atoms with van der Waals surface area (Å²) >= 11 is 5.81. The van der Waals surface area contributed by atoms with Crippen molar-refractivity contribution < 1.29 is 14.3 Å². The number of pyridine rings is 2. The number of nitrogens with zero attached hydrogens (tertiary/aromatic N) is 3. The van der Waals surface area contributed by atoms with Gasteiger partial charge in [0.1, 0.15) is 16.5 Å². The lowest BCUT2D eigenvalue weighted by Gasteiger charge is -2.39. The van der Waals surface area contributed by atoms with Crippen molar-refractivity contribution in [3.63, 3.8) is 0 Å². The molecule has 0 bridgehead atoms. The van der Waals surface area contributed by atoms with Crippen molar-refractivity contribution in [1.82, 2.24) is 15.3 Å². The van der Waals surface area contributed by atoms with Crippen LogP contribution in [-0.4, -0.2) is 46.3 Å². The Labute approximate surface area is 300 Å². The summed E-state index contributed by atoms with van der Waals surface area (Å²) in [7, 11) is 4.51. The van der Waals surface area contributed by atoms with Gasteiger partial charge in [0.05, 0.1) is 18.5 Å². The van der Waals surface area contributed by atoms with Gasteiger partial charge in [0.15, 0.2) is 0 Å². The van der Waals surface area contributed by atoms with E-state index in [0.29, 0.717) is 36.2 Å². The Morgan fingerprint density at radius 1 is 1.12 bits per heavy atom. The van der Waals surface area contributed by atoms with E-state index in [-0.39, 0.29) is 40.6 Å². The van der Waals surface area contributed by atoms with Gasteiger partial charge in [-0.25, -0.2) is 4.98 Å². The molecule has 3 aromatic rings. The van der Waals surface area contributed by atoms with Crippen LogP contribution < -0.4 is 15.0 Å². The highest BCUT2D eigenvalue weighted by atomic mass is 32.1. The van der Waals surface area contributed by atoms with Crippen molar-refractivity contribution >= 4 is 43.8 Å². The fraction of sp³-hybridized carbons (Fsp3) is 0.525. The van der Waals surface area contributed by atoms with E-state index >= 15 is 0 Å². The molecule has 1 aromatic carbocycles. The predicted molar refractivity (Wildman–Crippen MR) is 207 cm³/mol. The summed E-state index contributed by atoms with van der Waals surface area (Å²) in [4.78, 5) is 39.1. The van der Waals surface area contributed by atoms with Gasteiger partial charge in [-0.05, 0) is 93.3 Å². The van der Waals surface area contributed by atoms with Crippen LogP contribution in [-0.2, 0) is 14.7 Å². The van der Waals surface area contributed by atoms with E-state index in [1.807, 2.05) is 32.2 Å². The summed E-state index contributed by atoms with van der Waals surface area (Å²) in [5, 5.41) is 2.95. The number of aromatic nitrogens is 2. The molecule has 1 N–H and O–H groups in total. The van der Waals surface area contributed by atoms with Gasteiger partial charge >= 0.3 is 0 Å². The van der Waals surface area contributed by atoms with Crippen molar-refractivity contribution in [3.8, 4) is 17.0 Å². The number of methoxy groups -OCH3 is 1. The molecule has 0 radical (unpaired) electrons. The fourth-order valence-corrected chi connectivity index (χ4v) is 7.77. The van der Waals surface area contributed by atoms with Crippen molar-refractivity contribution in [1.29, 1.82) is 0 Å². The highest BCUT2D eigenvalue weighted by Crippen LogP contribution is 2.43. The number of hydrogen-bond donors (Lipinski definition) is 1. The quantitative estimate of drug-likeness (QED) is 0.159. The molecule has 49 heavy (non-hydrogen) atoms. The van der Waals surface area contributed by atoms with Crippen LogP contribution in [0.3, 0.4) is 0 Å². The van der Waals surface area contributed by atoms with E-state index < -0.39 is 0 Å². The lowest BCUT2D eigenvalue weighted by molar-refractivity contribution is -0.124. The molecule has 3 heterocycles. The molecule has 5 rings (SSSR count). The summed E-state index contributed by atoms with van der Waals surface area (Å²) in [5.41, 5.74) is 9.26. The monoisotopic (exact) mass is 700 g/mol. The number of ether oxygens (including phenoxy) is 1. The first kappa shape index (κ1) is 37.0. The van der Waals surface area contributed by atoms with E-state index in [1.54, 1.807) is 7.11 Å². The molecule has 7 nitrogen and oxygen atoms in total. The summed E-state index contributed by atoms with van der Waals surface area (Å²) in [6.07, 6.45) is 6.24. The van der Waals surface area contributed by atoms with E-state index in [0.717, 1.165) is 69.7 Å². The van der Waals surface area contributed by atoms with Crippen LogP contribution in [0.1, 0.15) is 119 Å². The molecule has 4 unspecified atom stereocenters. The number of ketones is 1. The number of rotatable bonds is 11. The average Bonchev–Trinajstić information content (AvgIpc) is 3.89. The smallest absolute Gasteiger partial charge is 0.237 e. The van der Waals surface area contributed by atoms with E-state index in [1.165, 1.54) is 0 Å². The number of Topliss-reactive ketones (excluding diaryl/α,β-unsaturated/α-hetero) is 1. The molecule has 1 saturated carbocycles. The number of aryl methyl sites for hydroxylation is 2. The lowest BCUT2D eigenvalue weighted by Crippen LogP contribution is -2.46. The number of carbonyl (C=O) groups is 2. The van der Waals surface area contributed by atoms with Gasteiger partial charge in [-0.15, -0.1) is 9.24 Å². The zero-order chi connectivity index (χ0) is 35.8. The van der Waals surface area contributed by atoms with Gasteiger partial charge in [0.2, 0.25) is 11.8 Å². The molecule has 2 fully saturated rings. The van der Waals surface area contributed by atoms with Crippen LogP contribution >= 0.6 is 21.5 Å². The minimum absolute atomic E-state index is 0.00466. The Bertz CT molecular complexity index is 1720. The first-order valence-electron chi connectivity index (χ1n) is 17.8.